The van der Waals surface area contributed by atoms with E-state index < -0.39 is 0 Å². The first-order valence-corrected chi connectivity index (χ1v) is 6.75. The molecule has 1 fully saturated rings. The molecular weight excluding hydrogens is 244 g/mol. The van der Waals surface area contributed by atoms with Gasteiger partial charge in [-0.15, -0.1) is 0 Å². The van der Waals surface area contributed by atoms with Gasteiger partial charge in [-0.2, -0.15) is 0 Å². The molecule has 0 saturated carbocycles. The Bertz CT molecular complexity index is 338. The molecule has 0 unspecified atom stereocenters. The third-order valence-electron chi connectivity index (χ3n) is 3.06. The van der Waals surface area contributed by atoms with Gasteiger partial charge in [0.15, 0.2) is 6.29 Å². The lowest BCUT2D eigenvalue weighted by Gasteiger charge is -2.08. The predicted octanol–water partition coefficient (Wildman–Crippen LogP) is 2.99. The highest BCUT2D eigenvalue weighted by Crippen LogP contribution is 2.15. The Morgan fingerprint density at radius 2 is 1.89 bits per heavy atom. The molecule has 0 atom stereocenters. The van der Waals surface area contributed by atoms with E-state index in [1.807, 2.05) is 6.92 Å². The monoisotopic (exact) mass is 268 g/mol. The van der Waals surface area contributed by atoms with Crippen molar-refractivity contribution in [3.05, 3.63) is 23.3 Å². The van der Waals surface area contributed by atoms with Crippen molar-refractivity contribution in [3.63, 3.8) is 0 Å². The molecule has 19 heavy (non-hydrogen) atoms. The van der Waals surface area contributed by atoms with Gasteiger partial charge in [-0.25, -0.2) is 4.79 Å². The van der Waals surface area contributed by atoms with Crippen molar-refractivity contribution >= 4 is 5.97 Å². The van der Waals surface area contributed by atoms with Gasteiger partial charge < -0.3 is 14.2 Å². The van der Waals surface area contributed by atoms with Gasteiger partial charge >= 0.3 is 5.97 Å². The van der Waals surface area contributed by atoms with Crippen LogP contribution in [0, 0.1) is 0 Å². The third kappa shape index (κ3) is 7.13. The molecule has 0 aromatic heterocycles. The van der Waals surface area contributed by atoms with Crippen LogP contribution in [0.4, 0.5) is 0 Å². The Labute approximate surface area is 115 Å². The molecule has 1 heterocycles. The van der Waals surface area contributed by atoms with Crippen LogP contribution < -0.4 is 0 Å². The van der Waals surface area contributed by atoms with Gasteiger partial charge in [-0.05, 0) is 33.1 Å². The van der Waals surface area contributed by atoms with Gasteiger partial charge in [0, 0.05) is 12.5 Å². The molecule has 0 radical (unpaired) electrons. The average Bonchev–Trinajstić information content (AvgIpc) is 2.89. The SMILES string of the molecule is COC(=O)/C=C(/C)CC/C=C(/C)CCC1OCCO1. The fourth-order valence-corrected chi connectivity index (χ4v) is 1.90. The minimum Gasteiger partial charge on any atom is -0.466 e. The number of carbonyl (C=O) groups is 1. The Kier molecular flexibility index (Phi) is 7.45. The Hall–Kier alpha value is -1.13. The number of ether oxygens (including phenoxy) is 3. The second kappa shape index (κ2) is 8.88. The summed E-state index contributed by atoms with van der Waals surface area (Å²) in [5.41, 5.74) is 2.38. The number of esters is 1. The summed E-state index contributed by atoms with van der Waals surface area (Å²) in [7, 11) is 1.39. The van der Waals surface area contributed by atoms with Gasteiger partial charge in [-0.1, -0.05) is 17.2 Å². The summed E-state index contributed by atoms with van der Waals surface area (Å²) < 4.78 is 15.4. The zero-order valence-corrected chi connectivity index (χ0v) is 12.1. The Morgan fingerprint density at radius 3 is 2.53 bits per heavy atom. The molecule has 1 rings (SSSR count). The highest BCUT2D eigenvalue weighted by atomic mass is 16.7. The lowest BCUT2D eigenvalue weighted by Crippen LogP contribution is -2.06. The highest BCUT2D eigenvalue weighted by molar-refractivity contribution is 5.82. The van der Waals surface area contributed by atoms with E-state index in [-0.39, 0.29) is 12.3 Å². The van der Waals surface area contributed by atoms with Crippen LogP contribution >= 0.6 is 0 Å². The Balaban J connectivity index is 2.19. The largest absolute Gasteiger partial charge is 0.466 e. The number of hydrogen-bond acceptors (Lipinski definition) is 4. The fraction of sp³-hybridized carbons (Fsp3) is 0.667. The smallest absolute Gasteiger partial charge is 0.330 e. The van der Waals surface area contributed by atoms with Crippen LogP contribution in [-0.4, -0.2) is 32.6 Å². The van der Waals surface area contributed by atoms with Crippen molar-refractivity contribution in [2.75, 3.05) is 20.3 Å². The minimum absolute atomic E-state index is 0.0238. The summed E-state index contributed by atoms with van der Waals surface area (Å²) in [6.07, 6.45) is 7.46. The zero-order chi connectivity index (χ0) is 14.1. The minimum atomic E-state index is -0.284. The molecule has 4 nitrogen and oxygen atoms in total. The maximum absolute atomic E-state index is 11.0. The van der Waals surface area contributed by atoms with Crippen molar-refractivity contribution in [2.45, 2.75) is 45.8 Å². The standard InChI is InChI=1S/C15H24O4/c1-12(7-8-15-18-9-10-19-15)5-4-6-13(2)11-14(16)17-3/h5,11,15H,4,6-10H2,1-3H3/b12-5-,13-11-. The van der Waals surface area contributed by atoms with Crippen LogP contribution in [0.25, 0.3) is 0 Å². The van der Waals surface area contributed by atoms with Crippen molar-refractivity contribution < 1.29 is 19.0 Å². The zero-order valence-electron chi connectivity index (χ0n) is 12.1. The molecule has 0 spiro atoms. The van der Waals surface area contributed by atoms with Gasteiger partial charge in [0.2, 0.25) is 0 Å². The molecule has 1 aliphatic heterocycles. The van der Waals surface area contributed by atoms with Gasteiger partial charge in [-0.3, -0.25) is 0 Å². The second-order valence-electron chi connectivity index (χ2n) is 4.81. The topological polar surface area (TPSA) is 44.8 Å². The van der Waals surface area contributed by atoms with E-state index in [2.05, 4.69) is 17.7 Å². The van der Waals surface area contributed by atoms with Crippen molar-refractivity contribution in [1.82, 2.24) is 0 Å². The van der Waals surface area contributed by atoms with E-state index in [1.54, 1.807) is 6.08 Å². The van der Waals surface area contributed by atoms with E-state index >= 15 is 0 Å². The van der Waals surface area contributed by atoms with Crippen LogP contribution in [0.3, 0.4) is 0 Å². The first-order valence-electron chi connectivity index (χ1n) is 6.75. The maximum atomic E-state index is 11.0. The van der Waals surface area contributed by atoms with Crippen molar-refractivity contribution in [3.8, 4) is 0 Å². The van der Waals surface area contributed by atoms with Gasteiger partial charge in [0.25, 0.3) is 0 Å². The average molecular weight is 268 g/mol. The molecular formula is C15H24O4. The lowest BCUT2D eigenvalue weighted by atomic mass is 10.1. The van der Waals surface area contributed by atoms with E-state index in [0.29, 0.717) is 13.2 Å². The quantitative estimate of drug-likeness (QED) is 0.404. The second-order valence-corrected chi connectivity index (χ2v) is 4.81. The normalized spacial score (nSPS) is 17.8. The van der Waals surface area contributed by atoms with E-state index in [4.69, 9.17) is 9.47 Å². The Morgan fingerprint density at radius 1 is 1.21 bits per heavy atom. The van der Waals surface area contributed by atoms with Crippen LogP contribution in [0.2, 0.25) is 0 Å². The van der Waals surface area contributed by atoms with Crippen LogP contribution in [0.5, 0.6) is 0 Å². The number of allylic oxidation sites excluding steroid dienone is 3. The number of carbonyl (C=O) groups excluding carboxylic acids is 1. The predicted molar refractivity (Wildman–Crippen MR) is 73.7 cm³/mol. The molecule has 0 aromatic carbocycles. The summed E-state index contributed by atoms with van der Waals surface area (Å²) in [5.74, 6) is -0.284. The van der Waals surface area contributed by atoms with E-state index in [0.717, 1.165) is 31.3 Å². The van der Waals surface area contributed by atoms with E-state index in [1.165, 1.54) is 12.7 Å². The number of rotatable bonds is 7. The van der Waals surface area contributed by atoms with Crippen molar-refractivity contribution in [2.24, 2.45) is 0 Å². The fourth-order valence-electron chi connectivity index (χ4n) is 1.90. The molecule has 0 amide bonds. The van der Waals surface area contributed by atoms with E-state index in [9.17, 15) is 4.79 Å². The summed E-state index contributed by atoms with van der Waals surface area (Å²) in [4.78, 5) is 11.0. The maximum Gasteiger partial charge on any atom is 0.330 e. The number of methoxy groups -OCH3 is 1. The molecule has 4 heteroatoms. The first kappa shape index (κ1) is 15.9. The molecule has 0 N–H and O–H groups in total. The summed E-state index contributed by atoms with van der Waals surface area (Å²) in [5, 5.41) is 0. The van der Waals surface area contributed by atoms with Crippen LogP contribution in [-0.2, 0) is 19.0 Å². The van der Waals surface area contributed by atoms with Crippen LogP contribution in [0.1, 0.15) is 39.5 Å². The van der Waals surface area contributed by atoms with Crippen molar-refractivity contribution in [1.29, 1.82) is 0 Å². The summed E-state index contributed by atoms with van der Waals surface area (Å²) in [6, 6.07) is 0. The lowest BCUT2D eigenvalue weighted by molar-refractivity contribution is -0.134. The summed E-state index contributed by atoms with van der Waals surface area (Å²) in [6.45, 7) is 5.49. The summed E-state index contributed by atoms with van der Waals surface area (Å²) >= 11 is 0. The molecule has 1 saturated heterocycles. The van der Waals surface area contributed by atoms with Gasteiger partial charge in [0.1, 0.15) is 0 Å². The molecule has 0 aromatic rings. The highest BCUT2D eigenvalue weighted by Gasteiger charge is 2.14. The number of hydrogen-bond donors (Lipinski definition) is 0. The molecule has 108 valence electrons. The molecule has 0 bridgehead atoms. The molecule has 1 aliphatic rings. The van der Waals surface area contributed by atoms with Crippen LogP contribution in [0.15, 0.2) is 23.3 Å². The van der Waals surface area contributed by atoms with Gasteiger partial charge in [0.05, 0.1) is 20.3 Å². The third-order valence-corrected chi connectivity index (χ3v) is 3.06. The molecule has 0 aliphatic carbocycles. The first-order chi connectivity index (χ1) is 9.11.